The molecule has 0 radical (unpaired) electrons. The lowest BCUT2D eigenvalue weighted by Crippen LogP contribution is -2.38. The molecule has 0 spiro atoms. The van der Waals surface area contributed by atoms with Gasteiger partial charge in [-0.2, -0.15) is 0 Å². The number of aliphatic hydroxyl groups excluding tert-OH is 1. The summed E-state index contributed by atoms with van der Waals surface area (Å²) in [5.41, 5.74) is 1.10. The summed E-state index contributed by atoms with van der Waals surface area (Å²) in [5.74, 6) is 0.210. The lowest BCUT2D eigenvalue weighted by molar-refractivity contribution is 0.129. The van der Waals surface area contributed by atoms with Crippen molar-refractivity contribution in [3.8, 4) is 0 Å². The minimum atomic E-state index is -0.341. The van der Waals surface area contributed by atoms with Crippen molar-refractivity contribution >= 4 is 17.8 Å². The van der Waals surface area contributed by atoms with Crippen LogP contribution in [0.2, 0.25) is 0 Å². The predicted molar refractivity (Wildman–Crippen MR) is 81.8 cm³/mol. The van der Waals surface area contributed by atoms with Gasteiger partial charge in [0.1, 0.15) is 0 Å². The molecule has 2 atom stereocenters. The van der Waals surface area contributed by atoms with Crippen LogP contribution in [0.25, 0.3) is 0 Å². The van der Waals surface area contributed by atoms with Gasteiger partial charge in [-0.05, 0) is 37.3 Å². The highest BCUT2D eigenvalue weighted by Crippen LogP contribution is 2.19. The van der Waals surface area contributed by atoms with Crippen LogP contribution in [0, 0.1) is 5.92 Å². The molecule has 1 fully saturated rings. The third kappa shape index (κ3) is 3.90. The maximum absolute atomic E-state index is 12.0. The Balaban J connectivity index is 1.80. The molecule has 1 aliphatic rings. The SMILES string of the molecule is CSc1ccc(CNC(=O)N2CC[C@@H]([C@H](C)O)C2)cc1. The van der Waals surface area contributed by atoms with Crippen LogP contribution >= 0.6 is 11.8 Å². The summed E-state index contributed by atoms with van der Waals surface area (Å²) in [7, 11) is 0. The van der Waals surface area contributed by atoms with Gasteiger partial charge in [0.25, 0.3) is 0 Å². The smallest absolute Gasteiger partial charge is 0.317 e. The number of likely N-dealkylation sites (tertiary alicyclic amines) is 1. The van der Waals surface area contributed by atoms with Crippen LogP contribution in [0.1, 0.15) is 18.9 Å². The second-order valence-electron chi connectivity index (χ2n) is 5.24. The number of aliphatic hydroxyl groups is 1. The number of nitrogens with one attached hydrogen (secondary N) is 1. The number of carbonyl (C=O) groups excluding carboxylic acids is 1. The number of hydrogen-bond donors (Lipinski definition) is 2. The van der Waals surface area contributed by atoms with Crippen molar-refractivity contribution in [1.29, 1.82) is 0 Å². The molecule has 1 aromatic carbocycles. The summed E-state index contributed by atoms with van der Waals surface area (Å²) in [6, 6.07) is 8.16. The van der Waals surface area contributed by atoms with Crippen LogP contribution in [0.4, 0.5) is 4.79 Å². The lowest BCUT2D eigenvalue weighted by Gasteiger charge is -2.18. The fourth-order valence-corrected chi connectivity index (χ4v) is 2.81. The first-order valence-electron chi connectivity index (χ1n) is 6.94. The average Bonchev–Trinajstić information content (AvgIpc) is 2.95. The normalized spacial score (nSPS) is 19.9. The van der Waals surface area contributed by atoms with Crippen molar-refractivity contribution < 1.29 is 9.90 Å². The number of rotatable bonds is 4. The van der Waals surface area contributed by atoms with E-state index in [1.165, 1.54) is 4.90 Å². The van der Waals surface area contributed by atoms with Gasteiger partial charge < -0.3 is 15.3 Å². The van der Waals surface area contributed by atoms with Crippen molar-refractivity contribution in [1.82, 2.24) is 10.2 Å². The summed E-state index contributed by atoms with van der Waals surface area (Å²) in [6.07, 6.45) is 2.59. The van der Waals surface area contributed by atoms with Crippen molar-refractivity contribution in [2.45, 2.75) is 30.9 Å². The summed E-state index contributed by atoms with van der Waals surface area (Å²) >= 11 is 1.71. The first kappa shape index (κ1) is 15.2. The maximum atomic E-state index is 12.0. The molecule has 20 heavy (non-hydrogen) atoms. The van der Waals surface area contributed by atoms with Gasteiger partial charge in [-0.1, -0.05) is 12.1 Å². The van der Waals surface area contributed by atoms with E-state index in [0.717, 1.165) is 18.5 Å². The first-order valence-corrected chi connectivity index (χ1v) is 8.16. The molecule has 0 aliphatic carbocycles. The van der Waals surface area contributed by atoms with Crippen LogP contribution < -0.4 is 5.32 Å². The molecule has 1 aliphatic heterocycles. The van der Waals surface area contributed by atoms with E-state index in [4.69, 9.17) is 0 Å². The molecule has 0 aromatic heterocycles. The van der Waals surface area contributed by atoms with Gasteiger partial charge in [0, 0.05) is 30.4 Å². The number of amides is 2. The molecule has 1 heterocycles. The second kappa shape index (κ2) is 6.99. The highest BCUT2D eigenvalue weighted by atomic mass is 32.2. The Morgan fingerprint density at radius 1 is 1.50 bits per heavy atom. The summed E-state index contributed by atoms with van der Waals surface area (Å²) < 4.78 is 0. The molecular formula is C15H22N2O2S. The fourth-order valence-electron chi connectivity index (χ4n) is 2.40. The van der Waals surface area contributed by atoms with Crippen LogP contribution in [0.5, 0.6) is 0 Å². The standard InChI is InChI=1S/C15H22N2O2S/c1-11(18)13-7-8-17(10-13)15(19)16-9-12-3-5-14(20-2)6-4-12/h3-6,11,13,18H,7-10H2,1-2H3,(H,16,19)/t11-,13+/m0/s1. The molecule has 1 aromatic rings. The minimum absolute atomic E-state index is 0.0397. The highest BCUT2D eigenvalue weighted by molar-refractivity contribution is 7.98. The number of nitrogens with zero attached hydrogens (tertiary/aromatic N) is 1. The third-order valence-corrected chi connectivity index (χ3v) is 4.54. The molecule has 4 nitrogen and oxygen atoms in total. The summed E-state index contributed by atoms with van der Waals surface area (Å²) in [5, 5.41) is 12.5. The number of thioether (sulfide) groups is 1. The van der Waals surface area contributed by atoms with Crippen molar-refractivity contribution in [2.75, 3.05) is 19.3 Å². The first-order chi connectivity index (χ1) is 9.60. The van der Waals surface area contributed by atoms with Gasteiger partial charge in [-0.3, -0.25) is 0 Å². The summed E-state index contributed by atoms with van der Waals surface area (Å²) in [6.45, 7) is 3.71. The molecule has 2 amide bonds. The van der Waals surface area contributed by atoms with E-state index in [1.807, 2.05) is 18.4 Å². The maximum Gasteiger partial charge on any atom is 0.317 e. The van der Waals surface area contributed by atoms with Crippen molar-refractivity contribution in [3.63, 3.8) is 0 Å². The van der Waals surface area contributed by atoms with Gasteiger partial charge in [-0.15, -0.1) is 11.8 Å². The Morgan fingerprint density at radius 3 is 2.75 bits per heavy atom. The zero-order chi connectivity index (χ0) is 14.5. The number of carbonyl (C=O) groups is 1. The van der Waals surface area contributed by atoms with Gasteiger partial charge in [0.2, 0.25) is 0 Å². The van der Waals surface area contributed by atoms with E-state index in [2.05, 4.69) is 17.4 Å². The Hall–Kier alpha value is -1.20. The van der Waals surface area contributed by atoms with Crippen LogP contribution in [0.3, 0.4) is 0 Å². The second-order valence-corrected chi connectivity index (χ2v) is 6.12. The largest absolute Gasteiger partial charge is 0.393 e. The van der Waals surface area contributed by atoms with E-state index < -0.39 is 0 Å². The lowest BCUT2D eigenvalue weighted by atomic mass is 10.0. The number of hydrogen-bond acceptors (Lipinski definition) is 3. The molecule has 5 heteroatoms. The van der Waals surface area contributed by atoms with E-state index in [1.54, 1.807) is 23.6 Å². The van der Waals surface area contributed by atoms with Crippen LogP contribution in [-0.4, -0.2) is 41.5 Å². The zero-order valence-electron chi connectivity index (χ0n) is 12.0. The van der Waals surface area contributed by atoms with Gasteiger partial charge >= 0.3 is 6.03 Å². The van der Waals surface area contributed by atoms with Crippen LogP contribution in [-0.2, 0) is 6.54 Å². The van der Waals surface area contributed by atoms with E-state index in [0.29, 0.717) is 13.1 Å². The Labute approximate surface area is 124 Å². The van der Waals surface area contributed by atoms with Crippen molar-refractivity contribution in [2.24, 2.45) is 5.92 Å². The third-order valence-electron chi connectivity index (χ3n) is 3.80. The molecule has 110 valence electrons. The monoisotopic (exact) mass is 294 g/mol. The molecular weight excluding hydrogens is 272 g/mol. The molecule has 0 unspecified atom stereocenters. The average molecular weight is 294 g/mol. The quantitative estimate of drug-likeness (QED) is 0.838. The Morgan fingerprint density at radius 2 is 2.20 bits per heavy atom. The molecule has 0 bridgehead atoms. The minimum Gasteiger partial charge on any atom is -0.393 e. The topological polar surface area (TPSA) is 52.6 Å². The van der Waals surface area contributed by atoms with Crippen LogP contribution in [0.15, 0.2) is 29.2 Å². The molecule has 1 saturated heterocycles. The fraction of sp³-hybridized carbons (Fsp3) is 0.533. The molecule has 2 N–H and O–H groups in total. The van der Waals surface area contributed by atoms with Gasteiger partial charge in [-0.25, -0.2) is 4.79 Å². The van der Waals surface area contributed by atoms with Crippen molar-refractivity contribution in [3.05, 3.63) is 29.8 Å². The molecule has 0 saturated carbocycles. The zero-order valence-corrected chi connectivity index (χ0v) is 12.8. The Kier molecular flexibility index (Phi) is 5.31. The van der Waals surface area contributed by atoms with E-state index >= 15 is 0 Å². The van der Waals surface area contributed by atoms with E-state index in [9.17, 15) is 9.90 Å². The van der Waals surface area contributed by atoms with Gasteiger partial charge in [0.15, 0.2) is 0 Å². The number of benzene rings is 1. The predicted octanol–water partition coefficient (Wildman–Crippen LogP) is 2.32. The summed E-state index contributed by atoms with van der Waals surface area (Å²) in [4.78, 5) is 15.0. The Bertz CT molecular complexity index is 448. The van der Waals surface area contributed by atoms with Gasteiger partial charge in [0.05, 0.1) is 6.10 Å². The highest BCUT2D eigenvalue weighted by Gasteiger charge is 2.28. The molecule has 2 rings (SSSR count). The van der Waals surface area contributed by atoms with E-state index in [-0.39, 0.29) is 18.1 Å². The number of urea groups is 1.